The van der Waals surface area contributed by atoms with Crippen molar-refractivity contribution in [2.24, 2.45) is 4.99 Å². The molecule has 124 valence electrons. The number of benzene rings is 1. The fraction of sp³-hybridized carbons (Fsp3) is 0.133. The maximum absolute atomic E-state index is 13.6. The maximum atomic E-state index is 13.6. The van der Waals surface area contributed by atoms with Gasteiger partial charge in [-0.2, -0.15) is 0 Å². The summed E-state index contributed by atoms with van der Waals surface area (Å²) < 4.78 is 26.8. The van der Waals surface area contributed by atoms with E-state index < -0.39 is 23.6 Å². The number of allylic oxidation sites excluding steroid dienone is 1. The van der Waals surface area contributed by atoms with E-state index in [-0.39, 0.29) is 16.5 Å². The zero-order chi connectivity index (χ0) is 17.3. The third-order valence-corrected chi connectivity index (χ3v) is 4.72. The predicted molar refractivity (Wildman–Crippen MR) is 89.3 cm³/mol. The van der Waals surface area contributed by atoms with E-state index in [1.165, 1.54) is 17.4 Å². The van der Waals surface area contributed by atoms with Crippen molar-refractivity contribution in [2.75, 3.05) is 5.33 Å². The summed E-state index contributed by atoms with van der Waals surface area (Å²) in [5, 5.41) is 15.1. The number of amidine groups is 1. The summed E-state index contributed by atoms with van der Waals surface area (Å²) in [4.78, 5) is 20.2. The molecule has 0 fully saturated rings. The SMILES string of the molecule is O=C(O)C1=C(CBr)NC(c2nccs2)=N[C@H]1c1ccc(F)c(F)c1. The number of aliphatic imine (C=N–C) groups is 1. The molecule has 9 heteroatoms. The molecule has 1 aromatic carbocycles. The number of halogens is 3. The lowest BCUT2D eigenvalue weighted by atomic mass is 9.96. The summed E-state index contributed by atoms with van der Waals surface area (Å²) in [5.74, 6) is -2.85. The number of nitrogens with zero attached hydrogens (tertiary/aromatic N) is 2. The Morgan fingerprint density at radius 1 is 1.38 bits per heavy atom. The molecule has 2 N–H and O–H groups in total. The van der Waals surface area contributed by atoms with Gasteiger partial charge in [0.2, 0.25) is 0 Å². The van der Waals surface area contributed by atoms with E-state index in [0.29, 0.717) is 16.5 Å². The van der Waals surface area contributed by atoms with E-state index in [1.807, 2.05) is 0 Å². The molecule has 1 atom stereocenters. The Kier molecular flexibility index (Phi) is 4.72. The smallest absolute Gasteiger partial charge is 0.335 e. The van der Waals surface area contributed by atoms with Crippen molar-refractivity contribution in [1.82, 2.24) is 10.3 Å². The number of carbonyl (C=O) groups is 1. The number of carboxylic acid groups (broad SMARTS) is 1. The molecule has 0 saturated heterocycles. The molecule has 24 heavy (non-hydrogen) atoms. The summed E-state index contributed by atoms with van der Waals surface area (Å²) in [6.07, 6.45) is 1.60. The highest BCUT2D eigenvalue weighted by molar-refractivity contribution is 9.09. The number of alkyl halides is 1. The van der Waals surface area contributed by atoms with Crippen LogP contribution in [0.1, 0.15) is 16.6 Å². The number of rotatable bonds is 4. The van der Waals surface area contributed by atoms with Gasteiger partial charge in [0.1, 0.15) is 6.04 Å². The molecule has 5 nitrogen and oxygen atoms in total. The molecule has 0 unspecified atom stereocenters. The normalized spacial score (nSPS) is 17.5. The van der Waals surface area contributed by atoms with Crippen molar-refractivity contribution in [1.29, 1.82) is 0 Å². The first kappa shape index (κ1) is 16.7. The van der Waals surface area contributed by atoms with E-state index in [0.717, 1.165) is 12.1 Å². The van der Waals surface area contributed by atoms with Crippen LogP contribution in [0, 0.1) is 11.6 Å². The highest BCUT2D eigenvalue weighted by Gasteiger charge is 2.31. The van der Waals surface area contributed by atoms with Crippen LogP contribution in [-0.2, 0) is 4.79 Å². The van der Waals surface area contributed by atoms with Gasteiger partial charge in [-0.3, -0.25) is 4.99 Å². The first-order chi connectivity index (χ1) is 11.5. The number of thiazole rings is 1. The monoisotopic (exact) mass is 413 g/mol. The molecule has 0 radical (unpaired) electrons. The zero-order valence-corrected chi connectivity index (χ0v) is 14.4. The summed E-state index contributed by atoms with van der Waals surface area (Å²) in [6.45, 7) is 0. The van der Waals surface area contributed by atoms with Crippen molar-refractivity contribution < 1.29 is 18.7 Å². The number of aliphatic carboxylic acids is 1. The Hall–Kier alpha value is -2.13. The highest BCUT2D eigenvalue weighted by Crippen LogP contribution is 2.33. The van der Waals surface area contributed by atoms with Crippen LogP contribution in [0.25, 0.3) is 0 Å². The fourth-order valence-electron chi connectivity index (χ4n) is 2.33. The minimum Gasteiger partial charge on any atom is -0.478 e. The number of hydrogen-bond acceptors (Lipinski definition) is 5. The average Bonchev–Trinajstić information content (AvgIpc) is 3.10. The molecular formula is C15H10BrF2N3O2S. The van der Waals surface area contributed by atoms with E-state index in [2.05, 4.69) is 31.2 Å². The molecule has 1 aliphatic heterocycles. The first-order valence-electron chi connectivity index (χ1n) is 6.73. The maximum Gasteiger partial charge on any atom is 0.335 e. The van der Waals surface area contributed by atoms with Crippen LogP contribution >= 0.6 is 27.3 Å². The van der Waals surface area contributed by atoms with Crippen molar-refractivity contribution >= 4 is 39.1 Å². The molecule has 1 aliphatic rings. The lowest BCUT2D eigenvalue weighted by molar-refractivity contribution is -0.133. The quantitative estimate of drug-likeness (QED) is 0.754. The van der Waals surface area contributed by atoms with Crippen molar-refractivity contribution in [3.8, 4) is 0 Å². The van der Waals surface area contributed by atoms with Gasteiger partial charge in [0.05, 0.1) is 5.57 Å². The molecule has 0 bridgehead atoms. The van der Waals surface area contributed by atoms with Crippen molar-refractivity contribution in [2.45, 2.75) is 6.04 Å². The Morgan fingerprint density at radius 2 is 2.17 bits per heavy atom. The van der Waals surface area contributed by atoms with Crippen LogP contribution in [0.4, 0.5) is 8.78 Å². The second-order valence-electron chi connectivity index (χ2n) is 4.85. The van der Waals surface area contributed by atoms with Gasteiger partial charge >= 0.3 is 5.97 Å². The zero-order valence-electron chi connectivity index (χ0n) is 12.0. The minimum atomic E-state index is -1.19. The lowest BCUT2D eigenvalue weighted by Crippen LogP contribution is -2.34. The molecule has 1 aromatic heterocycles. The second kappa shape index (κ2) is 6.78. The van der Waals surface area contributed by atoms with Crippen LogP contribution in [0.2, 0.25) is 0 Å². The molecule has 0 saturated carbocycles. The Labute approximate surface area is 147 Å². The average molecular weight is 414 g/mol. The Bertz CT molecular complexity index is 852. The van der Waals surface area contributed by atoms with Crippen LogP contribution in [0.5, 0.6) is 0 Å². The number of nitrogens with one attached hydrogen (secondary N) is 1. The van der Waals surface area contributed by atoms with Crippen LogP contribution in [0.15, 0.2) is 46.0 Å². The van der Waals surface area contributed by atoms with Crippen molar-refractivity contribution in [3.63, 3.8) is 0 Å². The van der Waals surface area contributed by atoms with Crippen LogP contribution < -0.4 is 5.32 Å². The van der Waals surface area contributed by atoms with E-state index >= 15 is 0 Å². The third kappa shape index (κ3) is 3.09. The molecular weight excluding hydrogens is 404 g/mol. The number of hydrogen-bond donors (Lipinski definition) is 2. The minimum absolute atomic E-state index is 0.0295. The molecule has 2 heterocycles. The van der Waals surface area contributed by atoms with E-state index in [1.54, 1.807) is 11.6 Å². The topological polar surface area (TPSA) is 74.6 Å². The summed E-state index contributed by atoms with van der Waals surface area (Å²) in [6, 6.07) is 2.28. The number of aromatic nitrogens is 1. The summed E-state index contributed by atoms with van der Waals surface area (Å²) in [7, 11) is 0. The lowest BCUT2D eigenvalue weighted by Gasteiger charge is -2.25. The van der Waals surface area contributed by atoms with Gasteiger partial charge in [-0.25, -0.2) is 18.6 Å². The highest BCUT2D eigenvalue weighted by atomic mass is 79.9. The summed E-state index contributed by atoms with van der Waals surface area (Å²) >= 11 is 4.58. The molecule has 2 aromatic rings. The van der Waals surface area contributed by atoms with E-state index in [4.69, 9.17) is 0 Å². The van der Waals surface area contributed by atoms with Crippen molar-refractivity contribution in [3.05, 3.63) is 63.3 Å². The van der Waals surface area contributed by atoms with Gasteiger partial charge in [0, 0.05) is 22.6 Å². The number of carboxylic acids is 1. The van der Waals surface area contributed by atoms with Gasteiger partial charge in [0.15, 0.2) is 22.5 Å². The molecule has 0 aliphatic carbocycles. The molecule has 0 spiro atoms. The predicted octanol–water partition coefficient (Wildman–Crippen LogP) is 3.25. The van der Waals surface area contributed by atoms with E-state index in [9.17, 15) is 18.7 Å². The van der Waals surface area contributed by atoms with Gasteiger partial charge in [-0.05, 0) is 17.7 Å². The van der Waals surface area contributed by atoms with Gasteiger partial charge in [0.25, 0.3) is 0 Å². The largest absolute Gasteiger partial charge is 0.478 e. The Morgan fingerprint density at radius 3 is 2.75 bits per heavy atom. The van der Waals surface area contributed by atoms with Crippen LogP contribution in [0.3, 0.4) is 0 Å². The fourth-order valence-corrected chi connectivity index (χ4v) is 3.36. The van der Waals surface area contributed by atoms with Crippen LogP contribution in [-0.4, -0.2) is 27.2 Å². The first-order valence-corrected chi connectivity index (χ1v) is 8.73. The van der Waals surface area contributed by atoms with Gasteiger partial charge < -0.3 is 10.4 Å². The third-order valence-electron chi connectivity index (χ3n) is 3.38. The summed E-state index contributed by atoms with van der Waals surface area (Å²) in [5.41, 5.74) is 0.607. The van der Waals surface area contributed by atoms with Gasteiger partial charge in [-0.15, -0.1) is 11.3 Å². The standard InChI is InChI=1S/C15H10BrF2N3O2S/c16-6-10-11(15(22)23)12(7-1-2-8(17)9(18)5-7)21-13(20-10)14-19-3-4-24-14/h1-5,12H,6H2,(H,20,21)(H,22,23)/t12-/m0/s1. The van der Waals surface area contributed by atoms with Gasteiger partial charge in [-0.1, -0.05) is 22.0 Å². The second-order valence-corrected chi connectivity index (χ2v) is 6.30. The molecule has 3 rings (SSSR count). The Balaban J connectivity index is 2.14. The molecule has 0 amide bonds.